The molecule has 1 unspecified atom stereocenters. The molecular weight excluding hydrogens is 260 g/mol. The minimum Gasteiger partial charge on any atom is -0.478 e. The largest absolute Gasteiger partial charge is 0.478 e. The van der Waals surface area contributed by atoms with E-state index in [-0.39, 0.29) is 23.7 Å². The van der Waals surface area contributed by atoms with E-state index in [4.69, 9.17) is 9.84 Å². The maximum atomic E-state index is 11.7. The fraction of sp³-hybridized carbons (Fsp3) is 0.429. The van der Waals surface area contributed by atoms with E-state index in [9.17, 15) is 9.59 Å². The van der Waals surface area contributed by atoms with Gasteiger partial charge in [0.2, 0.25) is 0 Å². The Bertz CT molecular complexity index is 459. The van der Waals surface area contributed by atoms with Gasteiger partial charge in [0, 0.05) is 13.7 Å². The van der Waals surface area contributed by atoms with Gasteiger partial charge in [-0.05, 0) is 31.5 Å². The van der Waals surface area contributed by atoms with Crippen LogP contribution in [0.15, 0.2) is 24.3 Å². The molecule has 6 nitrogen and oxygen atoms in total. The second-order valence-corrected chi connectivity index (χ2v) is 4.56. The minimum absolute atomic E-state index is 0.0735. The van der Waals surface area contributed by atoms with Crippen molar-refractivity contribution >= 4 is 12.0 Å². The summed E-state index contributed by atoms with van der Waals surface area (Å²) in [4.78, 5) is 22.4. The third-order valence-electron chi connectivity index (χ3n) is 3.09. The van der Waals surface area contributed by atoms with E-state index in [0.29, 0.717) is 6.54 Å². The Morgan fingerprint density at radius 2 is 1.85 bits per heavy atom. The second-order valence-electron chi connectivity index (χ2n) is 4.56. The fourth-order valence-electron chi connectivity index (χ4n) is 1.53. The van der Waals surface area contributed by atoms with E-state index in [1.165, 1.54) is 12.1 Å². The second kappa shape index (κ2) is 7.49. The van der Waals surface area contributed by atoms with Gasteiger partial charge in [-0.1, -0.05) is 12.1 Å². The first-order valence-corrected chi connectivity index (χ1v) is 6.33. The van der Waals surface area contributed by atoms with Crippen molar-refractivity contribution in [1.29, 1.82) is 0 Å². The molecule has 0 radical (unpaired) electrons. The van der Waals surface area contributed by atoms with Gasteiger partial charge in [-0.25, -0.2) is 9.59 Å². The molecule has 2 atom stereocenters. The summed E-state index contributed by atoms with van der Waals surface area (Å²) >= 11 is 0. The summed E-state index contributed by atoms with van der Waals surface area (Å²) in [6.45, 7) is 4.06. The summed E-state index contributed by atoms with van der Waals surface area (Å²) in [5.41, 5.74) is 1.05. The molecule has 0 saturated carbocycles. The van der Waals surface area contributed by atoms with Gasteiger partial charge in [0.15, 0.2) is 0 Å². The van der Waals surface area contributed by atoms with E-state index in [0.717, 1.165) is 5.56 Å². The maximum Gasteiger partial charge on any atom is 0.335 e. The van der Waals surface area contributed by atoms with Crippen LogP contribution in [-0.4, -0.2) is 36.4 Å². The van der Waals surface area contributed by atoms with E-state index in [1.807, 2.05) is 13.8 Å². The number of hydrogen-bond acceptors (Lipinski definition) is 3. The standard InChI is InChI=1S/C14H20N2O4/c1-9(10(2)20-3)16-14(19)15-8-11-4-6-12(7-5-11)13(17)18/h4-7,9-10H,8H2,1-3H3,(H,17,18)(H2,15,16,19)/t9-,10?/m1/s1. The molecule has 0 aliphatic rings. The maximum absolute atomic E-state index is 11.7. The van der Waals surface area contributed by atoms with Crippen molar-refractivity contribution in [2.24, 2.45) is 0 Å². The molecule has 20 heavy (non-hydrogen) atoms. The topological polar surface area (TPSA) is 87.7 Å². The van der Waals surface area contributed by atoms with Crippen LogP contribution in [0, 0.1) is 0 Å². The van der Waals surface area contributed by atoms with Gasteiger partial charge < -0.3 is 20.5 Å². The van der Waals surface area contributed by atoms with Crippen LogP contribution in [0.3, 0.4) is 0 Å². The first-order valence-electron chi connectivity index (χ1n) is 6.33. The van der Waals surface area contributed by atoms with Crippen LogP contribution in [-0.2, 0) is 11.3 Å². The molecule has 6 heteroatoms. The molecule has 1 aromatic rings. The number of rotatable bonds is 6. The van der Waals surface area contributed by atoms with E-state index >= 15 is 0 Å². The quantitative estimate of drug-likeness (QED) is 0.738. The van der Waals surface area contributed by atoms with Crippen LogP contribution in [0.4, 0.5) is 4.79 Å². The van der Waals surface area contributed by atoms with E-state index in [2.05, 4.69) is 10.6 Å². The Hall–Kier alpha value is -2.08. The predicted octanol–water partition coefficient (Wildman–Crippen LogP) is 1.61. The highest BCUT2D eigenvalue weighted by Crippen LogP contribution is 2.04. The van der Waals surface area contributed by atoms with Gasteiger partial charge in [-0.3, -0.25) is 0 Å². The highest BCUT2D eigenvalue weighted by molar-refractivity contribution is 5.87. The number of carboxylic acids is 1. The lowest BCUT2D eigenvalue weighted by Gasteiger charge is -2.20. The number of aromatic carboxylic acids is 1. The minimum atomic E-state index is -0.968. The lowest BCUT2D eigenvalue weighted by Crippen LogP contribution is -2.45. The number of methoxy groups -OCH3 is 1. The molecule has 0 heterocycles. The molecule has 0 aliphatic heterocycles. The number of carbonyl (C=O) groups excluding carboxylic acids is 1. The first-order chi connectivity index (χ1) is 9.43. The number of benzene rings is 1. The average molecular weight is 280 g/mol. The third kappa shape index (κ3) is 4.89. The Morgan fingerprint density at radius 1 is 1.25 bits per heavy atom. The monoisotopic (exact) mass is 280 g/mol. The third-order valence-corrected chi connectivity index (χ3v) is 3.09. The predicted molar refractivity (Wildman–Crippen MR) is 74.7 cm³/mol. The number of carboxylic acid groups (broad SMARTS) is 1. The zero-order valence-electron chi connectivity index (χ0n) is 11.8. The first kappa shape index (κ1) is 16.0. The molecule has 0 fully saturated rings. The van der Waals surface area contributed by atoms with Gasteiger partial charge in [0.25, 0.3) is 0 Å². The number of hydrogen-bond donors (Lipinski definition) is 3. The van der Waals surface area contributed by atoms with Crippen molar-refractivity contribution in [2.75, 3.05) is 7.11 Å². The summed E-state index contributed by atoms with van der Waals surface area (Å²) in [6, 6.07) is 5.97. The van der Waals surface area contributed by atoms with Gasteiger partial charge in [0.1, 0.15) is 0 Å². The fourth-order valence-corrected chi connectivity index (χ4v) is 1.53. The molecule has 1 rings (SSSR count). The number of carbonyl (C=O) groups is 2. The van der Waals surface area contributed by atoms with Gasteiger partial charge >= 0.3 is 12.0 Å². The molecule has 0 aliphatic carbocycles. The Balaban J connectivity index is 2.43. The van der Waals surface area contributed by atoms with E-state index in [1.54, 1.807) is 19.2 Å². The van der Waals surface area contributed by atoms with Crippen LogP contribution in [0.5, 0.6) is 0 Å². The van der Waals surface area contributed by atoms with Crippen LogP contribution in [0.1, 0.15) is 29.8 Å². The lowest BCUT2D eigenvalue weighted by molar-refractivity contribution is 0.0697. The molecule has 110 valence electrons. The van der Waals surface area contributed by atoms with Gasteiger partial charge in [-0.2, -0.15) is 0 Å². The molecule has 0 spiro atoms. The number of ether oxygens (including phenoxy) is 1. The molecule has 1 aromatic carbocycles. The zero-order chi connectivity index (χ0) is 15.1. The lowest BCUT2D eigenvalue weighted by atomic mass is 10.1. The highest BCUT2D eigenvalue weighted by Gasteiger charge is 2.13. The van der Waals surface area contributed by atoms with Crippen molar-refractivity contribution in [1.82, 2.24) is 10.6 Å². The average Bonchev–Trinajstić information content (AvgIpc) is 2.44. The van der Waals surface area contributed by atoms with Crippen LogP contribution >= 0.6 is 0 Å². The Morgan fingerprint density at radius 3 is 2.35 bits per heavy atom. The van der Waals surface area contributed by atoms with Crippen molar-refractivity contribution in [3.05, 3.63) is 35.4 Å². The van der Waals surface area contributed by atoms with Crippen molar-refractivity contribution < 1.29 is 19.4 Å². The molecule has 3 N–H and O–H groups in total. The number of nitrogens with one attached hydrogen (secondary N) is 2. The Labute approximate surface area is 118 Å². The number of amides is 2. The highest BCUT2D eigenvalue weighted by atomic mass is 16.5. The van der Waals surface area contributed by atoms with Gasteiger partial charge in [0.05, 0.1) is 17.7 Å². The Kier molecular flexibility index (Phi) is 5.99. The molecule has 2 amide bonds. The van der Waals surface area contributed by atoms with Gasteiger partial charge in [-0.15, -0.1) is 0 Å². The normalized spacial score (nSPS) is 13.3. The van der Waals surface area contributed by atoms with Crippen LogP contribution in [0.25, 0.3) is 0 Å². The summed E-state index contributed by atoms with van der Waals surface area (Å²) in [5, 5.41) is 14.2. The molecule has 0 saturated heterocycles. The van der Waals surface area contributed by atoms with Crippen LogP contribution < -0.4 is 10.6 Å². The van der Waals surface area contributed by atoms with Crippen molar-refractivity contribution in [3.63, 3.8) is 0 Å². The molecule has 0 bridgehead atoms. The summed E-state index contributed by atoms with van der Waals surface area (Å²) in [5.74, 6) is -0.968. The summed E-state index contributed by atoms with van der Waals surface area (Å²) in [6.07, 6.45) is -0.0735. The van der Waals surface area contributed by atoms with Crippen molar-refractivity contribution in [2.45, 2.75) is 32.5 Å². The van der Waals surface area contributed by atoms with E-state index < -0.39 is 5.97 Å². The molecular formula is C14H20N2O4. The summed E-state index contributed by atoms with van der Waals surface area (Å²) in [7, 11) is 1.59. The molecule has 0 aromatic heterocycles. The number of urea groups is 1. The smallest absolute Gasteiger partial charge is 0.335 e. The van der Waals surface area contributed by atoms with Crippen LogP contribution in [0.2, 0.25) is 0 Å². The van der Waals surface area contributed by atoms with Crippen molar-refractivity contribution in [3.8, 4) is 0 Å². The SMILES string of the molecule is COC(C)[C@@H](C)NC(=O)NCc1ccc(C(=O)O)cc1. The summed E-state index contributed by atoms with van der Waals surface area (Å²) < 4.78 is 5.11. The zero-order valence-corrected chi connectivity index (χ0v) is 11.8.